The van der Waals surface area contributed by atoms with Gasteiger partial charge >= 0.3 is 0 Å². The summed E-state index contributed by atoms with van der Waals surface area (Å²) in [5, 5.41) is 5.88. The highest BCUT2D eigenvalue weighted by molar-refractivity contribution is 6.31. The van der Waals surface area contributed by atoms with E-state index < -0.39 is 29.5 Å². The molecule has 0 saturated carbocycles. The molecule has 0 aliphatic carbocycles. The van der Waals surface area contributed by atoms with Crippen molar-refractivity contribution in [1.82, 2.24) is 16.2 Å². The summed E-state index contributed by atoms with van der Waals surface area (Å²) in [5.41, 5.74) is 6.90. The van der Waals surface area contributed by atoms with E-state index in [9.17, 15) is 22.4 Å². The van der Waals surface area contributed by atoms with E-state index >= 15 is 0 Å². The van der Waals surface area contributed by atoms with Gasteiger partial charge in [0.15, 0.2) is 11.6 Å². The minimum absolute atomic E-state index is 0.0875. The van der Waals surface area contributed by atoms with Gasteiger partial charge in [0.1, 0.15) is 11.6 Å². The highest BCUT2D eigenvalue weighted by Gasteiger charge is 2.26. The number of halogens is 5. The van der Waals surface area contributed by atoms with Crippen molar-refractivity contribution in [2.24, 2.45) is 4.99 Å². The van der Waals surface area contributed by atoms with Crippen molar-refractivity contribution in [3.63, 3.8) is 0 Å². The molecule has 0 aromatic heterocycles. The van der Waals surface area contributed by atoms with E-state index in [2.05, 4.69) is 26.5 Å². The number of hydrogen-bond acceptors (Lipinski definition) is 3. The zero-order chi connectivity index (χ0) is 24.2. The first-order valence-electron chi connectivity index (χ1n) is 10.1. The van der Waals surface area contributed by atoms with E-state index in [0.29, 0.717) is 6.42 Å². The number of nitrogens with one attached hydrogen (secondary N) is 4. The molecule has 6 nitrogen and oxygen atoms in total. The highest BCUT2D eigenvalue weighted by atomic mass is 35.5. The molecule has 1 saturated heterocycles. The second-order valence-corrected chi connectivity index (χ2v) is 7.94. The second-order valence-electron chi connectivity index (χ2n) is 7.50. The van der Waals surface area contributed by atoms with Gasteiger partial charge in [-0.15, -0.1) is 0 Å². The van der Waals surface area contributed by atoms with Gasteiger partial charge in [0.25, 0.3) is 5.91 Å². The van der Waals surface area contributed by atoms with Gasteiger partial charge in [0.05, 0.1) is 6.17 Å². The van der Waals surface area contributed by atoms with Crippen LogP contribution >= 0.6 is 11.6 Å². The predicted molar refractivity (Wildman–Crippen MR) is 120 cm³/mol. The monoisotopic (exact) mass is 491 g/mol. The SMILES string of the molecule is O=C(/N=C(/Nc1cc(F)cc(Cl)c1)NC1CC(c2ccc(F)cc2)NN1)c1ccc(F)c(F)c1. The van der Waals surface area contributed by atoms with Crippen molar-refractivity contribution in [3.8, 4) is 0 Å². The predicted octanol–water partition coefficient (Wildman–Crippen LogP) is 4.66. The van der Waals surface area contributed by atoms with E-state index in [1.165, 1.54) is 18.2 Å². The zero-order valence-corrected chi connectivity index (χ0v) is 18.1. The number of benzene rings is 3. The van der Waals surface area contributed by atoms with Crippen LogP contribution in [0.5, 0.6) is 0 Å². The third kappa shape index (κ3) is 5.90. The summed E-state index contributed by atoms with van der Waals surface area (Å²) >= 11 is 5.90. The standard InChI is InChI=1S/C23H18ClF4N5O/c24-14-8-16(26)10-17(9-14)29-23(31-22(34)13-3-6-18(27)19(28)7-13)30-21-11-20(32-33-21)12-1-4-15(25)5-2-12/h1-10,20-21,32-33H,11H2,(H2,29,30,31,34). The topological polar surface area (TPSA) is 77.5 Å². The molecule has 34 heavy (non-hydrogen) atoms. The van der Waals surface area contributed by atoms with Crippen LogP contribution < -0.4 is 21.5 Å². The van der Waals surface area contributed by atoms with E-state index in [1.54, 1.807) is 12.1 Å². The molecule has 1 aliphatic rings. The molecular formula is C23H18ClF4N5O. The molecule has 1 amide bonds. The van der Waals surface area contributed by atoms with Crippen LogP contribution in [-0.4, -0.2) is 18.0 Å². The molecule has 1 aliphatic heterocycles. The summed E-state index contributed by atoms with van der Waals surface area (Å²) in [5.74, 6) is -4.21. The molecule has 0 bridgehead atoms. The van der Waals surface area contributed by atoms with Gasteiger partial charge < -0.3 is 10.6 Å². The van der Waals surface area contributed by atoms with E-state index in [0.717, 1.165) is 35.9 Å². The molecule has 176 valence electrons. The largest absolute Gasteiger partial charge is 0.339 e. The lowest BCUT2D eigenvalue weighted by Gasteiger charge is -2.17. The molecule has 0 radical (unpaired) electrons. The molecule has 0 spiro atoms. The lowest BCUT2D eigenvalue weighted by Crippen LogP contribution is -2.47. The molecule has 4 rings (SSSR count). The molecule has 3 aromatic rings. The molecule has 1 fully saturated rings. The average Bonchev–Trinajstić information content (AvgIpc) is 3.23. The van der Waals surface area contributed by atoms with Crippen molar-refractivity contribution in [2.45, 2.75) is 18.6 Å². The molecule has 1 heterocycles. The molecule has 3 aromatic carbocycles. The minimum Gasteiger partial charge on any atom is -0.339 e. The first-order chi connectivity index (χ1) is 16.3. The Hall–Kier alpha value is -3.47. The first kappa shape index (κ1) is 23.7. The first-order valence-corrected chi connectivity index (χ1v) is 10.5. The summed E-state index contributed by atoms with van der Waals surface area (Å²) in [7, 11) is 0. The number of guanidine groups is 1. The summed E-state index contributed by atoms with van der Waals surface area (Å²) in [6.45, 7) is 0. The smallest absolute Gasteiger partial charge is 0.280 e. The van der Waals surface area contributed by atoms with Crippen molar-refractivity contribution in [3.05, 3.63) is 100 Å². The van der Waals surface area contributed by atoms with Crippen LogP contribution in [0.25, 0.3) is 0 Å². The molecule has 2 unspecified atom stereocenters. The van der Waals surface area contributed by atoms with Crippen LogP contribution in [0.4, 0.5) is 23.2 Å². The van der Waals surface area contributed by atoms with Gasteiger partial charge in [-0.3, -0.25) is 4.79 Å². The third-order valence-corrected chi connectivity index (χ3v) is 5.21. The Labute approximate surface area is 197 Å². The van der Waals surface area contributed by atoms with Gasteiger partial charge in [-0.2, -0.15) is 4.99 Å². The maximum atomic E-state index is 13.8. The molecule has 4 N–H and O–H groups in total. The third-order valence-electron chi connectivity index (χ3n) is 4.99. The van der Waals surface area contributed by atoms with E-state index in [4.69, 9.17) is 11.6 Å². The maximum Gasteiger partial charge on any atom is 0.280 e. The van der Waals surface area contributed by atoms with Gasteiger partial charge in [-0.25, -0.2) is 28.4 Å². The number of carbonyl (C=O) groups is 1. The number of carbonyl (C=O) groups excluding carboxylic acids is 1. The minimum atomic E-state index is -1.19. The zero-order valence-electron chi connectivity index (χ0n) is 17.4. The Kier molecular flexibility index (Phi) is 7.11. The van der Waals surface area contributed by atoms with Crippen molar-refractivity contribution >= 4 is 29.2 Å². The maximum absolute atomic E-state index is 13.8. The van der Waals surface area contributed by atoms with Gasteiger partial charge in [-0.1, -0.05) is 23.7 Å². The van der Waals surface area contributed by atoms with Crippen LogP contribution in [0.3, 0.4) is 0 Å². The Morgan fingerprint density at radius 2 is 1.68 bits per heavy atom. The summed E-state index contributed by atoms with van der Waals surface area (Å²) < 4.78 is 53.8. The van der Waals surface area contributed by atoms with E-state index in [-0.39, 0.29) is 34.1 Å². The lowest BCUT2D eigenvalue weighted by molar-refractivity contribution is 0.100. The van der Waals surface area contributed by atoms with Crippen LogP contribution in [0, 0.1) is 23.3 Å². The summed E-state index contributed by atoms with van der Waals surface area (Å²) in [4.78, 5) is 16.5. The normalized spacial score (nSPS) is 18.1. The van der Waals surface area contributed by atoms with Gasteiger partial charge in [-0.05, 0) is 54.1 Å². The Bertz CT molecular complexity index is 1220. The summed E-state index contributed by atoms with van der Waals surface area (Å²) in [6, 6.07) is 12.1. The number of nitrogens with zero attached hydrogens (tertiary/aromatic N) is 1. The number of hydrogen-bond donors (Lipinski definition) is 4. The fourth-order valence-electron chi connectivity index (χ4n) is 3.38. The number of amides is 1. The number of hydrazine groups is 1. The second kappa shape index (κ2) is 10.2. The Balaban J connectivity index is 1.55. The quantitative estimate of drug-likeness (QED) is 0.243. The fraction of sp³-hybridized carbons (Fsp3) is 0.130. The lowest BCUT2D eigenvalue weighted by atomic mass is 10.0. The number of rotatable bonds is 4. The summed E-state index contributed by atoms with van der Waals surface area (Å²) in [6.07, 6.45) is 0.0124. The van der Waals surface area contributed by atoms with Crippen molar-refractivity contribution in [2.75, 3.05) is 5.32 Å². The molecular weight excluding hydrogens is 474 g/mol. The van der Waals surface area contributed by atoms with E-state index in [1.807, 2.05) is 0 Å². The van der Waals surface area contributed by atoms with Crippen LogP contribution in [0.2, 0.25) is 5.02 Å². The van der Waals surface area contributed by atoms with Gasteiger partial charge in [0, 0.05) is 28.7 Å². The van der Waals surface area contributed by atoms with Crippen molar-refractivity contribution < 1.29 is 22.4 Å². The fourth-order valence-corrected chi connectivity index (χ4v) is 3.61. The van der Waals surface area contributed by atoms with Crippen LogP contribution in [0.15, 0.2) is 65.7 Å². The van der Waals surface area contributed by atoms with Crippen molar-refractivity contribution in [1.29, 1.82) is 0 Å². The highest BCUT2D eigenvalue weighted by Crippen LogP contribution is 2.22. The van der Waals surface area contributed by atoms with Crippen LogP contribution in [0.1, 0.15) is 28.4 Å². The Morgan fingerprint density at radius 3 is 2.38 bits per heavy atom. The molecule has 11 heteroatoms. The average molecular weight is 492 g/mol. The Morgan fingerprint density at radius 1 is 0.912 bits per heavy atom. The van der Waals surface area contributed by atoms with Crippen LogP contribution in [-0.2, 0) is 0 Å². The number of anilines is 1. The molecule has 2 atom stereocenters. The van der Waals surface area contributed by atoms with Gasteiger partial charge in [0.2, 0.25) is 5.96 Å². The number of aliphatic imine (C=N–C) groups is 1.